The first-order chi connectivity index (χ1) is 7.55. The summed E-state index contributed by atoms with van der Waals surface area (Å²) >= 11 is 5.74. The van der Waals surface area contributed by atoms with E-state index >= 15 is 0 Å². The van der Waals surface area contributed by atoms with E-state index in [1.54, 1.807) is 12.1 Å². The van der Waals surface area contributed by atoms with Crippen molar-refractivity contribution in [1.82, 2.24) is 4.72 Å². The van der Waals surface area contributed by atoms with E-state index in [0.29, 0.717) is 5.88 Å². The fourth-order valence-corrected chi connectivity index (χ4v) is 3.63. The van der Waals surface area contributed by atoms with Gasteiger partial charge in [0.1, 0.15) is 0 Å². The van der Waals surface area contributed by atoms with Gasteiger partial charge in [0, 0.05) is 11.4 Å². The fraction of sp³-hybridized carbons (Fsp3) is 0.455. The third-order valence-electron chi connectivity index (χ3n) is 2.68. The Labute approximate surface area is 101 Å². The lowest BCUT2D eigenvalue weighted by atomic mass is 10.2. The molecule has 1 aromatic rings. The Morgan fingerprint density at radius 3 is 2.38 bits per heavy atom. The maximum Gasteiger partial charge on any atom is 0.216 e. The SMILES string of the molecule is O=S(=O)(Cc1ccccc1)NC1(CCl)CC1. The normalized spacial score (nSPS) is 18.3. The molecular weight excluding hydrogens is 246 g/mol. The quantitative estimate of drug-likeness (QED) is 0.821. The second kappa shape index (κ2) is 4.35. The van der Waals surface area contributed by atoms with Crippen molar-refractivity contribution in [3.8, 4) is 0 Å². The van der Waals surface area contributed by atoms with Crippen LogP contribution in [-0.4, -0.2) is 19.8 Å². The van der Waals surface area contributed by atoms with Crippen LogP contribution in [0.1, 0.15) is 18.4 Å². The van der Waals surface area contributed by atoms with E-state index in [1.807, 2.05) is 18.2 Å². The van der Waals surface area contributed by atoms with Crippen molar-refractivity contribution >= 4 is 21.6 Å². The highest BCUT2D eigenvalue weighted by atomic mass is 35.5. The smallest absolute Gasteiger partial charge is 0.212 e. The Kier molecular flexibility index (Phi) is 3.24. The average molecular weight is 260 g/mol. The van der Waals surface area contributed by atoms with Crippen LogP contribution in [0, 0.1) is 0 Å². The molecule has 88 valence electrons. The van der Waals surface area contributed by atoms with Gasteiger partial charge in [0.25, 0.3) is 0 Å². The minimum absolute atomic E-state index is 0.0203. The van der Waals surface area contributed by atoms with E-state index in [1.165, 1.54) is 0 Å². The molecule has 1 saturated carbocycles. The molecule has 0 atom stereocenters. The molecule has 0 aliphatic heterocycles. The lowest BCUT2D eigenvalue weighted by molar-refractivity contribution is 0.558. The second-order valence-corrected chi connectivity index (χ2v) is 6.25. The van der Waals surface area contributed by atoms with Crippen LogP contribution in [0.4, 0.5) is 0 Å². The maximum atomic E-state index is 11.8. The van der Waals surface area contributed by atoms with Crippen LogP contribution in [0.2, 0.25) is 0 Å². The Morgan fingerprint density at radius 2 is 1.88 bits per heavy atom. The Bertz CT molecular complexity index is 454. The van der Waals surface area contributed by atoms with Crippen LogP contribution < -0.4 is 4.72 Å². The van der Waals surface area contributed by atoms with Crippen molar-refractivity contribution in [1.29, 1.82) is 0 Å². The highest BCUT2D eigenvalue weighted by Gasteiger charge is 2.44. The van der Waals surface area contributed by atoms with E-state index in [0.717, 1.165) is 18.4 Å². The van der Waals surface area contributed by atoms with Gasteiger partial charge in [-0.3, -0.25) is 0 Å². The molecule has 0 heterocycles. The van der Waals surface area contributed by atoms with E-state index < -0.39 is 10.0 Å². The van der Waals surface area contributed by atoms with Gasteiger partial charge in [0.05, 0.1) is 5.75 Å². The molecular formula is C11H14ClNO2S. The number of benzene rings is 1. The van der Waals surface area contributed by atoms with Crippen LogP contribution in [0.25, 0.3) is 0 Å². The Balaban J connectivity index is 2.04. The standard InChI is InChI=1S/C11H14ClNO2S/c12-9-11(6-7-11)13-16(14,15)8-10-4-2-1-3-5-10/h1-5,13H,6-9H2. The number of nitrogens with one attached hydrogen (secondary N) is 1. The van der Waals surface area contributed by atoms with Crippen LogP contribution in [0.15, 0.2) is 30.3 Å². The zero-order valence-electron chi connectivity index (χ0n) is 8.82. The van der Waals surface area contributed by atoms with Gasteiger partial charge in [0.15, 0.2) is 0 Å². The highest BCUT2D eigenvalue weighted by Crippen LogP contribution is 2.37. The number of hydrogen-bond acceptors (Lipinski definition) is 2. The molecule has 1 N–H and O–H groups in total. The van der Waals surface area contributed by atoms with E-state index in [9.17, 15) is 8.42 Å². The third kappa shape index (κ3) is 2.97. The van der Waals surface area contributed by atoms with Crippen molar-refractivity contribution in [3.63, 3.8) is 0 Å². The molecule has 2 rings (SSSR count). The lowest BCUT2D eigenvalue weighted by Gasteiger charge is -2.14. The van der Waals surface area contributed by atoms with Crippen LogP contribution in [-0.2, 0) is 15.8 Å². The van der Waals surface area contributed by atoms with E-state index in [4.69, 9.17) is 11.6 Å². The molecule has 5 heteroatoms. The maximum absolute atomic E-state index is 11.8. The molecule has 0 amide bonds. The highest BCUT2D eigenvalue weighted by molar-refractivity contribution is 7.88. The molecule has 0 bridgehead atoms. The van der Waals surface area contributed by atoms with Crippen LogP contribution >= 0.6 is 11.6 Å². The first kappa shape index (κ1) is 11.9. The van der Waals surface area contributed by atoms with Crippen molar-refractivity contribution < 1.29 is 8.42 Å². The lowest BCUT2D eigenvalue weighted by Crippen LogP contribution is -2.38. The number of rotatable bonds is 5. The Hall–Kier alpha value is -0.580. The molecule has 0 saturated heterocycles. The summed E-state index contributed by atoms with van der Waals surface area (Å²) in [7, 11) is -3.28. The summed E-state index contributed by atoms with van der Waals surface area (Å²) in [6.07, 6.45) is 1.68. The molecule has 1 aliphatic rings. The van der Waals surface area contributed by atoms with Crippen molar-refractivity contribution in [2.45, 2.75) is 24.1 Å². The monoisotopic (exact) mass is 259 g/mol. The van der Waals surface area contributed by atoms with Gasteiger partial charge in [-0.15, -0.1) is 11.6 Å². The van der Waals surface area contributed by atoms with Gasteiger partial charge in [0.2, 0.25) is 10.0 Å². The molecule has 16 heavy (non-hydrogen) atoms. The second-order valence-electron chi connectivity index (χ2n) is 4.26. The molecule has 0 radical (unpaired) electrons. The number of alkyl halides is 1. The summed E-state index contributed by atoms with van der Waals surface area (Å²) in [5.74, 6) is 0.369. The summed E-state index contributed by atoms with van der Waals surface area (Å²) in [4.78, 5) is 0. The predicted molar refractivity (Wildman–Crippen MR) is 64.9 cm³/mol. The zero-order chi connectivity index (χ0) is 11.6. The summed E-state index contributed by atoms with van der Waals surface area (Å²) in [5, 5.41) is 0. The fourth-order valence-electron chi connectivity index (χ4n) is 1.57. The first-order valence-corrected chi connectivity index (χ1v) is 7.36. The van der Waals surface area contributed by atoms with Crippen molar-refractivity contribution in [3.05, 3.63) is 35.9 Å². The van der Waals surface area contributed by atoms with Gasteiger partial charge in [-0.05, 0) is 18.4 Å². The molecule has 0 spiro atoms. The molecule has 1 fully saturated rings. The third-order valence-corrected chi connectivity index (χ3v) is 4.65. The number of sulfonamides is 1. The number of halogens is 1. The summed E-state index contributed by atoms with van der Waals surface area (Å²) in [6, 6.07) is 9.14. The zero-order valence-corrected chi connectivity index (χ0v) is 10.4. The number of hydrogen-bond donors (Lipinski definition) is 1. The summed E-state index contributed by atoms with van der Waals surface area (Å²) in [6.45, 7) is 0. The first-order valence-electron chi connectivity index (χ1n) is 5.17. The Morgan fingerprint density at radius 1 is 1.25 bits per heavy atom. The van der Waals surface area contributed by atoms with E-state index in [-0.39, 0.29) is 11.3 Å². The van der Waals surface area contributed by atoms with Gasteiger partial charge in [-0.2, -0.15) is 0 Å². The summed E-state index contributed by atoms with van der Waals surface area (Å²) < 4.78 is 26.4. The molecule has 0 unspecified atom stereocenters. The van der Waals surface area contributed by atoms with E-state index in [2.05, 4.69) is 4.72 Å². The van der Waals surface area contributed by atoms with Crippen LogP contribution in [0.5, 0.6) is 0 Å². The van der Waals surface area contributed by atoms with Gasteiger partial charge < -0.3 is 0 Å². The molecule has 0 aromatic heterocycles. The minimum atomic E-state index is -3.28. The predicted octanol–water partition coefficient (Wildman–Crippen LogP) is 1.88. The topological polar surface area (TPSA) is 46.2 Å². The van der Waals surface area contributed by atoms with Crippen molar-refractivity contribution in [2.75, 3.05) is 5.88 Å². The minimum Gasteiger partial charge on any atom is -0.212 e. The van der Waals surface area contributed by atoms with Gasteiger partial charge in [-0.25, -0.2) is 13.1 Å². The average Bonchev–Trinajstić information content (AvgIpc) is 2.98. The largest absolute Gasteiger partial charge is 0.216 e. The van der Waals surface area contributed by atoms with Crippen molar-refractivity contribution in [2.24, 2.45) is 0 Å². The van der Waals surface area contributed by atoms with Crippen LogP contribution in [0.3, 0.4) is 0 Å². The van der Waals surface area contributed by atoms with Gasteiger partial charge in [-0.1, -0.05) is 30.3 Å². The summed E-state index contributed by atoms with van der Waals surface area (Å²) in [5.41, 5.74) is 0.426. The molecule has 3 nitrogen and oxygen atoms in total. The molecule has 1 aliphatic carbocycles. The molecule has 1 aromatic carbocycles. The van der Waals surface area contributed by atoms with Gasteiger partial charge >= 0.3 is 0 Å².